The first-order valence-electron chi connectivity index (χ1n) is 6.34. The Labute approximate surface area is 119 Å². The highest BCUT2D eigenvalue weighted by Crippen LogP contribution is 2.10. The number of benzene rings is 2. The van der Waals surface area contributed by atoms with Crippen molar-refractivity contribution in [2.24, 2.45) is 5.73 Å². The highest BCUT2D eigenvalue weighted by molar-refractivity contribution is 7.80. The predicted octanol–water partition coefficient (Wildman–Crippen LogP) is 3.28. The van der Waals surface area contributed by atoms with Crippen LogP contribution in [0.25, 0.3) is 0 Å². The van der Waals surface area contributed by atoms with Gasteiger partial charge in [0.1, 0.15) is 4.99 Å². The van der Waals surface area contributed by atoms with Crippen molar-refractivity contribution in [1.82, 2.24) is 0 Å². The summed E-state index contributed by atoms with van der Waals surface area (Å²) in [7, 11) is 0. The van der Waals surface area contributed by atoms with Gasteiger partial charge >= 0.3 is 0 Å². The molecule has 2 nitrogen and oxygen atoms in total. The van der Waals surface area contributed by atoms with Crippen LogP contribution >= 0.6 is 12.2 Å². The van der Waals surface area contributed by atoms with Gasteiger partial charge in [-0.25, -0.2) is 0 Å². The number of thiocarbonyl (C=S) groups is 1. The first-order chi connectivity index (χ1) is 9.15. The van der Waals surface area contributed by atoms with Crippen molar-refractivity contribution >= 4 is 22.9 Å². The van der Waals surface area contributed by atoms with Crippen LogP contribution in [0.15, 0.2) is 48.5 Å². The van der Waals surface area contributed by atoms with E-state index in [0.717, 1.165) is 24.2 Å². The minimum atomic E-state index is 0.436. The van der Waals surface area contributed by atoms with Crippen LogP contribution in [0.4, 0.5) is 5.69 Å². The van der Waals surface area contributed by atoms with Gasteiger partial charge in [0.25, 0.3) is 0 Å². The summed E-state index contributed by atoms with van der Waals surface area (Å²) in [4.78, 5) is 0.436. The molecule has 2 aromatic carbocycles. The summed E-state index contributed by atoms with van der Waals surface area (Å²) in [6.07, 6.45) is 1.01. The summed E-state index contributed by atoms with van der Waals surface area (Å²) in [6, 6.07) is 16.5. The number of hydrogen-bond donors (Lipinski definition) is 2. The molecule has 0 aliphatic rings. The van der Waals surface area contributed by atoms with Crippen molar-refractivity contribution in [2.45, 2.75) is 13.3 Å². The smallest absolute Gasteiger partial charge is 0.103 e. The maximum Gasteiger partial charge on any atom is 0.103 e. The van der Waals surface area contributed by atoms with Crippen LogP contribution in [0.1, 0.15) is 16.7 Å². The fraction of sp³-hybridized carbons (Fsp3) is 0.188. The van der Waals surface area contributed by atoms with E-state index >= 15 is 0 Å². The van der Waals surface area contributed by atoms with Crippen LogP contribution < -0.4 is 11.1 Å². The van der Waals surface area contributed by atoms with Crippen LogP contribution in [-0.2, 0) is 6.42 Å². The molecule has 0 saturated heterocycles. The third-order valence-corrected chi connectivity index (χ3v) is 3.23. The molecule has 19 heavy (non-hydrogen) atoms. The topological polar surface area (TPSA) is 38.0 Å². The van der Waals surface area contributed by atoms with Gasteiger partial charge in [-0.2, -0.15) is 0 Å². The van der Waals surface area contributed by atoms with Crippen LogP contribution in [-0.4, -0.2) is 11.5 Å². The third-order valence-electron chi connectivity index (χ3n) is 2.99. The molecule has 0 fully saturated rings. The van der Waals surface area contributed by atoms with E-state index in [2.05, 4.69) is 36.5 Å². The molecule has 2 aromatic rings. The lowest BCUT2D eigenvalue weighted by molar-refractivity contribution is 1.02. The molecule has 0 amide bonds. The maximum atomic E-state index is 5.57. The Kier molecular flexibility index (Phi) is 4.53. The summed E-state index contributed by atoms with van der Waals surface area (Å²) in [6.45, 7) is 3.03. The van der Waals surface area contributed by atoms with E-state index < -0.39 is 0 Å². The molecule has 0 spiro atoms. The molecule has 0 bridgehead atoms. The zero-order valence-electron chi connectivity index (χ0n) is 11.0. The van der Waals surface area contributed by atoms with Crippen molar-refractivity contribution in [3.8, 4) is 0 Å². The molecule has 0 radical (unpaired) electrons. The molecule has 0 aliphatic carbocycles. The van der Waals surface area contributed by atoms with Gasteiger partial charge < -0.3 is 11.1 Å². The average molecular weight is 270 g/mol. The van der Waals surface area contributed by atoms with Gasteiger partial charge in [-0.05, 0) is 43.2 Å². The standard InChI is InChI=1S/C16H18N2S/c1-12-3-2-4-13(11-12)9-10-18-15-7-5-14(6-8-15)16(17)19/h2-8,11,18H,9-10H2,1H3,(H2,17,19). The Morgan fingerprint density at radius 2 is 1.89 bits per heavy atom. The van der Waals surface area contributed by atoms with Gasteiger partial charge in [-0.3, -0.25) is 0 Å². The van der Waals surface area contributed by atoms with E-state index in [4.69, 9.17) is 18.0 Å². The highest BCUT2D eigenvalue weighted by atomic mass is 32.1. The molecule has 3 heteroatoms. The zero-order chi connectivity index (χ0) is 13.7. The normalized spacial score (nSPS) is 10.2. The van der Waals surface area contributed by atoms with Gasteiger partial charge in [0, 0.05) is 17.8 Å². The summed E-state index contributed by atoms with van der Waals surface area (Å²) in [5, 5.41) is 3.39. The van der Waals surface area contributed by atoms with E-state index in [-0.39, 0.29) is 0 Å². The van der Waals surface area contributed by atoms with Gasteiger partial charge in [0.15, 0.2) is 0 Å². The second-order valence-electron chi connectivity index (χ2n) is 4.61. The summed E-state index contributed by atoms with van der Waals surface area (Å²) >= 11 is 4.93. The molecule has 3 N–H and O–H groups in total. The summed E-state index contributed by atoms with van der Waals surface area (Å²) in [5.74, 6) is 0. The van der Waals surface area contributed by atoms with Crippen molar-refractivity contribution in [3.63, 3.8) is 0 Å². The van der Waals surface area contributed by atoms with Crippen LogP contribution in [0.2, 0.25) is 0 Å². The molecule has 2 rings (SSSR count). The fourth-order valence-corrected chi connectivity index (χ4v) is 2.11. The summed E-state index contributed by atoms with van der Waals surface area (Å²) in [5.41, 5.74) is 10.2. The zero-order valence-corrected chi connectivity index (χ0v) is 11.8. The molecule has 0 aromatic heterocycles. The second-order valence-corrected chi connectivity index (χ2v) is 5.05. The predicted molar refractivity (Wildman–Crippen MR) is 85.7 cm³/mol. The van der Waals surface area contributed by atoms with Gasteiger partial charge in [-0.1, -0.05) is 42.0 Å². The third kappa shape index (κ3) is 4.07. The summed E-state index contributed by atoms with van der Waals surface area (Å²) < 4.78 is 0. The lowest BCUT2D eigenvalue weighted by Crippen LogP contribution is -2.09. The van der Waals surface area contributed by atoms with Gasteiger partial charge in [0.05, 0.1) is 0 Å². The second kappa shape index (κ2) is 6.34. The minimum Gasteiger partial charge on any atom is -0.389 e. The number of nitrogens with one attached hydrogen (secondary N) is 1. The van der Waals surface area contributed by atoms with Crippen LogP contribution in [0, 0.1) is 6.92 Å². The monoisotopic (exact) mass is 270 g/mol. The van der Waals surface area contributed by atoms with E-state index in [1.165, 1.54) is 11.1 Å². The van der Waals surface area contributed by atoms with Crippen molar-refractivity contribution < 1.29 is 0 Å². The van der Waals surface area contributed by atoms with E-state index in [0.29, 0.717) is 4.99 Å². The Morgan fingerprint density at radius 3 is 2.53 bits per heavy atom. The van der Waals surface area contributed by atoms with E-state index in [1.54, 1.807) is 0 Å². The molecule has 0 aliphatic heterocycles. The van der Waals surface area contributed by atoms with Crippen molar-refractivity contribution in [2.75, 3.05) is 11.9 Å². The molecular weight excluding hydrogens is 252 g/mol. The first kappa shape index (κ1) is 13.6. The van der Waals surface area contributed by atoms with E-state index in [9.17, 15) is 0 Å². The largest absolute Gasteiger partial charge is 0.389 e. The fourth-order valence-electron chi connectivity index (χ4n) is 1.97. The van der Waals surface area contributed by atoms with Crippen molar-refractivity contribution in [3.05, 3.63) is 65.2 Å². The lowest BCUT2D eigenvalue weighted by atomic mass is 10.1. The molecule has 0 atom stereocenters. The van der Waals surface area contributed by atoms with Crippen LogP contribution in [0.5, 0.6) is 0 Å². The average Bonchev–Trinajstić information content (AvgIpc) is 2.39. The number of aryl methyl sites for hydroxylation is 1. The Morgan fingerprint density at radius 1 is 1.16 bits per heavy atom. The molecule has 0 unspecified atom stereocenters. The van der Waals surface area contributed by atoms with Gasteiger partial charge in [-0.15, -0.1) is 0 Å². The Bertz CT molecular complexity index is 561. The number of nitrogens with two attached hydrogens (primary N) is 1. The van der Waals surface area contributed by atoms with Crippen LogP contribution in [0.3, 0.4) is 0 Å². The quantitative estimate of drug-likeness (QED) is 0.819. The molecular formula is C16H18N2S. The SMILES string of the molecule is Cc1cccc(CCNc2ccc(C(N)=S)cc2)c1. The number of hydrogen-bond acceptors (Lipinski definition) is 2. The number of rotatable bonds is 5. The Hall–Kier alpha value is -1.87. The Balaban J connectivity index is 1.87. The lowest BCUT2D eigenvalue weighted by Gasteiger charge is -2.07. The number of anilines is 1. The minimum absolute atomic E-state index is 0.436. The van der Waals surface area contributed by atoms with Gasteiger partial charge in [0.2, 0.25) is 0 Å². The van der Waals surface area contributed by atoms with E-state index in [1.807, 2.05) is 24.3 Å². The molecule has 98 valence electrons. The highest BCUT2D eigenvalue weighted by Gasteiger charge is 1.97. The first-order valence-corrected chi connectivity index (χ1v) is 6.75. The maximum absolute atomic E-state index is 5.57. The molecule has 0 heterocycles. The molecule has 0 saturated carbocycles. The van der Waals surface area contributed by atoms with Crippen molar-refractivity contribution in [1.29, 1.82) is 0 Å².